The Morgan fingerprint density at radius 1 is 1.30 bits per heavy atom. The maximum atomic E-state index is 12.2. The van der Waals surface area contributed by atoms with E-state index < -0.39 is 12.1 Å². The molecular formula is C12H9ClF3N3O3S. The maximum Gasteiger partial charge on any atom is 0.573 e. The number of aromatic hydroxyl groups is 1. The number of rotatable bonds is 5. The van der Waals surface area contributed by atoms with Gasteiger partial charge in [-0.2, -0.15) is 4.47 Å². The largest absolute Gasteiger partial charge is 0.573 e. The van der Waals surface area contributed by atoms with Crippen LogP contribution in [0.25, 0.3) is 0 Å². The van der Waals surface area contributed by atoms with Crippen molar-refractivity contribution in [1.29, 1.82) is 0 Å². The predicted octanol–water partition coefficient (Wildman–Crippen LogP) is 4.21. The van der Waals surface area contributed by atoms with Crippen LogP contribution in [-0.2, 0) is 0 Å². The Morgan fingerprint density at radius 3 is 2.70 bits per heavy atom. The SMILES string of the molecule is Oc1cc(Cl)cnc1NSN(O)c1cccc(OC(F)(F)F)c1. The first-order chi connectivity index (χ1) is 10.7. The van der Waals surface area contributed by atoms with Crippen molar-refractivity contribution < 1.29 is 28.2 Å². The van der Waals surface area contributed by atoms with Crippen molar-refractivity contribution in [2.24, 2.45) is 0 Å². The van der Waals surface area contributed by atoms with Crippen LogP contribution in [0.5, 0.6) is 11.5 Å². The minimum Gasteiger partial charge on any atom is -0.504 e. The Kier molecular flexibility index (Phi) is 5.29. The zero-order valence-electron chi connectivity index (χ0n) is 11.1. The third-order valence-corrected chi connectivity index (χ3v) is 3.21. The lowest BCUT2D eigenvalue weighted by Crippen LogP contribution is -2.17. The summed E-state index contributed by atoms with van der Waals surface area (Å²) in [5, 5.41) is 19.6. The van der Waals surface area contributed by atoms with E-state index in [1.807, 2.05) is 0 Å². The first kappa shape index (κ1) is 17.3. The van der Waals surface area contributed by atoms with E-state index >= 15 is 0 Å². The summed E-state index contributed by atoms with van der Waals surface area (Å²) in [7, 11) is 0. The number of benzene rings is 1. The van der Waals surface area contributed by atoms with Crippen molar-refractivity contribution in [2.45, 2.75) is 6.36 Å². The fourth-order valence-corrected chi connectivity index (χ4v) is 2.15. The third-order valence-electron chi connectivity index (χ3n) is 2.34. The second kappa shape index (κ2) is 7.02. The minimum absolute atomic E-state index is 0.0118. The number of alkyl halides is 3. The highest BCUT2D eigenvalue weighted by molar-refractivity contribution is 8.01. The van der Waals surface area contributed by atoms with Crippen molar-refractivity contribution in [2.75, 3.05) is 9.19 Å². The van der Waals surface area contributed by atoms with Crippen LogP contribution in [0.1, 0.15) is 0 Å². The normalized spacial score (nSPS) is 11.2. The molecule has 124 valence electrons. The quantitative estimate of drug-likeness (QED) is 0.539. The van der Waals surface area contributed by atoms with Crippen LogP contribution in [0, 0.1) is 0 Å². The molecule has 0 aliphatic carbocycles. The minimum atomic E-state index is -4.83. The first-order valence-electron chi connectivity index (χ1n) is 5.87. The van der Waals surface area contributed by atoms with Gasteiger partial charge in [0.2, 0.25) is 0 Å². The van der Waals surface area contributed by atoms with Gasteiger partial charge in [-0.15, -0.1) is 13.2 Å². The van der Waals surface area contributed by atoms with Crippen LogP contribution in [-0.4, -0.2) is 21.7 Å². The van der Waals surface area contributed by atoms with Gasteiger partial charge >= 0.3 is 6.36 Å². The van der Waals surface area contributed by atoms with Crippen LogP contribution in [0.15, 0.2) is 36.5 Å². The van der Waals surface area contributed by atoms with Crippen LogP contribution in [0.3, 0.4) is 0 Å². The topological polar surface area (TPSA) is 77.9 Å². The Morgan fingerprint density at radius 2 is 2.04 bits per heavy atom. The molecule has 0 unspecified atom stereocenters. The van der Waals surface area contributed by atoms with E-state index in [4.69, 9.17) is 11.6 Å². The van der Waals surface area contributed by atoms with E-state index in [-0.39, 0.29) is 22.3 Å². The molecule has 0 amide bonds. The number of ether oxygens (including phenoxy) is 1. The summed E-state index contributed by atoms with van der Waals surface area (Å²) in [6, 6.07) is 5.94. The van der Waals surface area contributed by atoms with E-state index in [2.05, 4.69) is 14.4 Å². The van der Waals surface area contributed by atoms with Crippen LogP contribution in [0.2, 0.25) is 5.02 Å². The summed E-state index contributed by atoms with van der Waals surface area (Å²) < 4.78 is 43.3. The number of pyridine rings is 1. The summed E-state index contributed by atoms with van der Waals surface area (Å²) in [5.74, 6) is -0.726. The van der Waals surface area contributed by atoms with Gasteiger partial charge in [-0.1, -0.05) is 17.7 Å². The monoisotopic (exact) mass is 367 g/mol. The summed E-state index contributed by atoms with van der Waals surface area (Å²) in [6.07, 6.45) is -3.56. The predicted molar refractivity (Wildman–Crippen MR) is 79.5 cm³/mol. The molecule has 0 aliphatic rings. The number of anilines is 2. The number of nitrogens with one attached hydrogen (secondary N) is 1. The molecule has 3 N–H and O–H groups in total. The lowest BCUT2D eigenvalue weighted by molar-refractivity contribution is -0.274. The lowest BCUT2D eigenvalue weighted by Gasteiger charge is -2.17. The smallest absolute Gasteiger partial charge is 0.504 e. The molecule has 0 spiro atoms. The first-order valence-corrected chi connectivity index (χ1v) is 7.02. The second-order valence-corrected chi connectivity index (χ2v) is 5.20. The number of halogens is 4. The number of hydrogen-bond donors (Lipinski definition) is 3. The van der Waals surface area contributed by atoms with Crippen molar-refractivity contribution >= 4 is 35.2 Å². The number of aromatic nitrogens is 1. The fraction of sp³-hybridized carbons (Fsp3) is 0.0833. The molecule has 11 heteroatoms. The Balaban J connectivity index is 2.03. The molecule has 6 nitrogen and oxygen atoms in total. The van der Waals surface area contributed by atoms with E-state index in [0.29, 0.717) is 16.6 Å². The Hall–Kier alpha value is -2.04. The van der Waals surface area contributed by atoms with Gasteiger partial charge in [0.05, 0.1) is 22.8 Å². The van der Waals surface area contributed by atoms with Gasteiger partial charge in [0.15, 0.2) is 11.6 Å². The number of hydrogen-bond acceptors (Lipinski definition) is 7. The van der Waals surface area contributed by atoms with E-state index in [9.17, 15) is 23.5 Å². The molecule has 0 saturated carbocycles. The van der Waals surface area contributed by atoms with Gasteiger partial charge in [0, 0.05) is 18.3 Å². The van der Waals surface area contributed by atoms with Crippen LogP contribution in [0.4, 0.5) is 24.7 Å². The molecule has 23 heavy (non-hydrogen) atoms. The molecule has 1 aromatic carbocycles. The Labute approximate surface area is 137 Å². The molecule has 0 fully saturated rings. The lowest BCUT2D eigenvalue weighted by atomic mass is 10.3. The summed E-state index contributed by atoms with van der Waals surface area (Å²) in [4.78, 5) is 3.78. The zero-order chi connectivity index (χ0) is 17.0. The van der Waals surface area contributed by atoms with Gasteiger partial charge < -0.3 is 9.84 Å². The van der Waals surface area contributed by atoms with E-state index in [0.717, 1.165) is 12.1 Å². The second-order valence-electron chi connectivity index (χ2n) is 4.03. The molecule has 2 rings (SSSR count). The molecule has 0 bridgehead atoms. The van der Waals surface area contributed by atoms with Crippen molar-refractivity contribution in [1.82, 2.24) is 4.98 Å². The molecule has 0 atom stereocenters. The Bertz CT molecular complexity index is 690. The average Bonchev–Trinajstić information content (AvgIpc) is 2.44. The standard InChI is InChI=1S/C12H9ClF3N3O3S/c13-7-4-10(20)11(17-6-7)18-23-19(21)8-2-1-3-9(5-8)22-12(14,15)16/h1-6,20-21H,(H,17,18). The van der Waals surface area contributed by atoms with Crippen molar-refractivity contribution in [3.05, 3.63) is 41.6 Å². The molecule has 2 aromatic rings. The van der Waals surface area contributed by atoms with Gasteiger partial charge in [-0.25, -0.2) is 4.98 Å². The summed E-state index contributed by atoms with van der Waals surface area (Å²) in [6.45, 7) is 0. The molecule has 1 heterocycles. The van der Waals surface area contributed by atoms with Gasteiger partial charge in [-0.05, 0) is 12.1 Å². The van der Waals surface area contributed by atoms with Crippen LogP contribution < -0.4 is 13.9 Å². The molecular weight excluding hydrogens is 359 g/mol. The molecule has 1 aromatic heterocycles. The fourth-order valence-electron chi connectivity index (χ4n) is 1.45. The summed E-state index contributed by atoms with van der Waals surface area (Å²) >= 11 is 6.19. The molecule has 0 aliphatic heterocycles. The summed E-state index contributed by atoms with van der Waals surface area (Å²) in [5.41, 5.74) is 0.0118. The van der Waals surface area contributed by atoms with Crippen molar-refractivity contribution in [3.8, 4) is 11.5 Å². The third kappa shape index (κ3) is 5.27. The highest BCUT2D eigenvalue weighted by atomic mass is 35.5. The maximum absolute atomic E-state index is 12.2. The van der Waals surface area contributed by atoms with Gasteiger partial charge in [0.25, 0.3) is 0 Å². The van der Waals surface area contributed by atoms with Gasteiger partial charge in [-0.3, -0.25) is 9.93 Å². The van der Waals surface area contributed by atoms with Crippen molar-refractivity contribution in [3.63, 3.8) is 0 Å². The highest BCUT2D eigenvalue weighted by Gasteiger charge is 2.31. The van der Waals surface area contributed by atoms with Crippen LogP contribution >= 0.6 is 23.7 Å². The zero-order valence-corrected chi connectivity index (χ0v) is 12.7. The van der Waals surface area contributed by atoms with Gasteiger partial charge in [0.1, 0.15) is 5.75 Å². The average molecular weight is 368 g/mol. The molecule has 0 saturated heterocycles. The highest BCUT2D eigenvalue weighted by Crippen LogP contribution is 2.30. The number of nitrogens with zero attached hydrogens (tertiary/aromatic N) is 2. The van der Waals surface area contributed by atoms with E-state index in [1.54, 1.807) is 0 Å². The van der Waals surface area contributed by atoms with E-state index in [1.165, 1.54) is 24.4 Å². The molecule has 0 radical (unpaired) electrons.